The second-order valence-corrected chi connectivity index (χ2v) is 6.55. The number of likely N-dealkylation sites (tertiary alicyclic amines) is 1. The van der Waals surface area contributed by atoms with E-state index in [0.717, 1.165) is 49.4 Å². The number of rotatable bonds is 6. The van der Waals surface area contributed by atoms with Crippen molar-refractivity contribution in [3.8, 4) is 11.5 Å². The van der Waals surface area contributed by atoms with E-state index >= 15 is 0 Å². The SMILES string of the molecule is CCCCCCNC(=O)N1CCCC1c1ccc2c(c1)OCCO2. The third kappa shape index (κ3) is 3.94. The minimum Gasteiger partial charge on any atom is -0.486 e. The van der Waals surface area contributed by atoms with Gasteiger partial charge in [0.2, 0.25) is 0 Å². The third-order valence-electron chi connectivity index (χ3n) is 4.77. The number of unbranched alkanes of at least 4 members (excludes halogenated alkanes) is 3. The molecular weight excluding hydrogens is 304 g/mol. The van der Waals surface area contributed by atoms with Gasteiger partial charge in [-0.1, -0.05) is 32.3 Å². The lowest BCUT2D eigenvalue weighted by Gasteiger charge is -2.27. The maximum Gasteiger partial charge on any atom is 0.317 e. The number of carbonyl (C=O) groups is 1. The Kier molecular flexibility index (Phi) is 5.83. The van der Waals surface area contributed by atoms with Crippen LogP contribution in [0.5, 0.6) is 11.5 Å². The Morgan fingerprint density at radius 3 is 2.88 bits per heavy atom. The number of fused-ring (bicyclic) bond motifs is 1. The van der Waals surface area contributed by atoms with E-state index in [4.69, 9.17) is 9.47 Å². The third-order valence-corrected chi connectivity index (χ3v) is 4.77. The summed E-state index contributed by atoms with van der Waals surface area (Å²) in [5.74, 6) is 1.60. The number of ether oxygens (including phenoxy) is 2. The smallest absolute Gasteiger partial charge is 0.317 e. The van der Waals surface area contributed by atoms with Crippen LogP contribution in [0.2, 0.25) is 0 Å². The zero-order chi connectivity index (χ0) is 16.8. The fourth-order valence-electron chi connectivity index (χ4n) is 3.47. The fourth-order valence-corrected chi connectivity index (χ4v) is 3.47. The van der Waals surface area contributed by atoms with Crippen LogP contribution >= 0.6 is 0 Å². The van der Waals surface area contributed by atoms with Gasteiger partial charge in [0, 0.05) is 13.1 Å². The van der Waals surface area contributed by atoms with Crippen molar-refractivity contribution in [1.82, 2.24) is 10.2 Å². The zero-order valence-corrected chi connectivity index (χ0v) is 14.6. The first-order valence-electron chi connectivity index (χ1n) is 9.23. The summed E-state index contributed by atoms with van der Waals surface area (Å²) >= 11 is 0. The van der Waals surface area contributed by atoms with Crippen molar-refractivity contribution < 1.29 is 14.3 Å². The predicted octanol–water partition coefficient (Wildman–Crippen LogP) is 3.88. The van der Waals surface area contributed by atoms with Crippen molar-refractivity contribution in [2.24, 2.45) is 0 Å². The molecule has 5 heteroatoms. The first kappa shape index (κ1) is 16.9. The molecule has 1 N–H and O–H groups in total. The van der Waals surface area contributed by atoms with E-state index in [9.17, 15) is 4.79 Å². The summed E-state index contributed by atoms with van der Waals surface area (Å²) in [6.45, 7) is 4.97. The van der Waals surface area contributed by atoms with Gasteiger partial charge in [-0.05, 0) is 37.0 Å². The first-order chi connectivity index (χ1) is 11.8. The molecule has 1 unspecified atom stereocenters. The van der Waals surface area contributed by atoms with Crippen LogP contribution in [0.25, 0.3) is 0 Å². The van der Waals surface area contributed by atoms with Gasteiger partial charge in [0.25, 0.3) is 0 Å². The largest absolute Gasteiger partial charge is 0.486 e. The lowest BCUT2D eigenvalue weighted by Crippen LogP contribution is -2.39. The lowest BCUT2D eigenvalue weighted by atomic mass is 10.0. The van der Waals surface area contributed by atoms with E-state index < -0.39 is 0 Å². The molecule has 1 aromatic rings. The molecule has 2 aliphatic heterocycles. The Labute approximate surface area is 144 Å². The molecule has 1 atom stereocenters. The molecule has 24 heavy (non-hydrogen) atoms. The summed E-state index contributed by atoms with van der Waals surface area (Å²) in [6, 6.07) is 6.25. The Morgan fingerprint density at radius 1 is 1.21 bits per heavy atom. The van der Waals surface area contributed by atoms with Crippen molar-refractivity contribution in [2.75, 3.05) is 26.3 Å². The van der Waals surface area contributed by atoms with E-state index in [1.165, 1.54) is 19.3 Å². The average Bonchev–Trinajstić information content (AvgIpc) is 3.11. The van der Waals surface area contributed by atoms with Crippen LogP contribution in [0.4, 0.5) is 4.79 Å². The molecule has 0 aromatic heterocycles. The van der Waals surface area contributed by atoms with E-state index in [1.807, 2.05) is 17.0 Å². The van der Waals surface area contributed by atoms with Crippen molar-refractivity contribution in [3.05, 3.63) is 23.8 Å². The number of nitrogens with one attached hydrogen (secondary N) is 1. The molecule has 132 valence electrons. The van der Waals surface area contributed by atoms with Crippen LogP contribution in [0.3, 0.4) is 0 Å². The highest BCUT2D eigenvalue weighted by molar-refractivity contribution is 5.75. The summed E-state index contributed by atoms with van der Waals surface area (Å²) in [5, 5.41) is 3.08. The number of urea groups is 1. The molecule has 0 saturated carbocycles. The minimum atomic E-state index is 0.0592. The van der Waals surface area contributed by atoms with Crippen molar-refractivity contribution in [2.45, 2.75) is 51.5 Å². The minimum absolute atomic E-state index is 0.0592. The van der Waals surface area contributed by atoms with Crippen molar-refractivity contribution >= 4 is 6.03 Å². The Hall–Kier alpha value is -1.91. The average molecular weight is 332 g/mol. The lowest BCUT2D eigenvalue weighted by molar-refractivity contribution is 0.170. The molecule has 1 aromatic carbocycles. The zero-order valence-electron chi connectivity index (χ0n) is 14.6. The highest BCUT2D eigenvalue weighted by Crippen LogP contribution is 2.37. The summed E-state index contributed by atoms with van der Waals surface area (Å²) in [7, 11) is 0. The second kappa shape index (κ2) is 8.27. The van der Waals surface area contributed by atoms with Crippen LogP contribution < -0.4 is 14.8 Å². The summed E-state index contributed by atoms with van der Waals surface area (Å²) < 4.78 is 11.3. The molecule has 2 amide bonds. The Bertz CT molecular complexity index is 562. The van der Waals surface area contributed by atoms with Gasteiger partial charge in [-0.25, -0.2) is 4.79 Å². The second-order valence-electron chi connectivity index (χ2n) is 6.55. The number of benzene rings is 1. The number of hydrogen-bond acceptors (Lipinski definition) is 3. The van der Waals surface area contributed by atoms with Crippen LogP contribution in [0.15, 0.2) is 18.2 Å². The molecule has 5 nitrogen and oxygen atoms in total. The van der Waals surface area contributed by atoms with Gasteiger partial charge in [0.05, 0.1) is 6.04 Å². The number of hydrogen-bond donors (Lipinski definition) is 1. The summed E-state index contributed by atoms with van der Waals surface area (Å²) in [5.41, 5.74) is 1.14. The number of nitrogens with zero attached hydrogens (tertiary/aromatic N) is 1. The molecule has 0 radical (unpaired) electrons. The van der Waals surface area contributed by atoms with Gasteiger partial charge < -0.3 is 19.7 Å². The molecular formula is C19H28N2O3. The van der Waals surface area contributed by atoms with E-state index in [2.05, 4.69) is 18.3 Å². The molecule has 1 saturated heterocycles. The highest BCUT2D eigenvalue weighted by atomic mass is 16.6. The molecule has 0 spiro atoms. The molecule has 2 aliphatic rings. The van der Waals surface area contributed by atoms with Gasteiger partial charge in [-0.2, -0.15) is 0 Å². The molecule has 2 heterocycles. The van der Waals surface area contributed by atoms with Crippen LogP contribution in [-0.2, 0) is 0 Å². The van der Waals surface area contributed by atoms with Gasteiger partial charge in [-0.3, -0.25) is 0 Å². The van der Waals surface area contributed by atoms with Crippen molar-refractivity contribution in [3.63, 3.8) is 0 Å². The predicted molar refractivity (Wildman–Crippen MR) is 93.7 cm³/mol. The monoisotopic (exact) mass is 332 g/mol. The Balaban J connectivity index is 1.59. The molecule has 0 aliphatic carbocycles. The molecule has 0 bridgehead atoms. The normalized spacial score (nSPS) is 19.4. The molecule has 3 rings (SSSR count). The topological polar surface area (TPSA) is 50.8 Å². The van der Waals surface area contributed by atoms with Gasteiger partial charge in [-0.15, -0.1) is 0 Å². The summed E-state index contributed by atoms with van der Waals surface area (Å²) in [4.78, 5) is 14.5. The van der Waals surface area contributed by atoms with E-state index in [-0.39, 0.29) is 12.1 Å². The van der Waals surface area contributed by atoms with E-state index in [1.54, 1.807) is 0 Å². The fraction of sp³-hybridized carbons (Fsp3) is 0.632. The molecule has 1 fully saturated rings. The standard InChI is InChI=1S/C19H28N2O3/c1-2-3-4-5-10-20-19(22)21-11-6-7-16(21)15-8-9-17-18(14-15)24-13-12-23-17/h8-9,14,16H,2-7,10-13H2,1H3,(H,20,22). The van der Waals surface area contributed by atoms with Crippen molar-refractivity contribution in [1.29, 1.82) is 0 Å². The van der Waals surface area contributed by atoms with Gasteiger partial charge in [0.15, 0.2) is 11.5 Å². The first-order valence-corrected chi connectivity index (χ1v) is 9.23. The van der Waals surface area contributed by atoms with E-state index in [0.29, 0.717) is 13.2 Å². The number of carbonyl (C=O) groups excluding carboxylic acids is 1. The van der Waals surface area contributed by atoms with Crippen LogP contribution in [0, 0.1) is 0 Å². The summed E-state index contributed by atoms with van der Waals surface area (Å²) in [6.07, 6.45) is 6.74. The van der Waals surface area contributed by atoms with Gasteiger partial charge in [0.1, 0.15) is 13.2 Å². The van der Waals surface area contributed by atoms with Gasteiger partial charge >= 0.3 is 6.03 Å². The quantitative estimate of drug-likeness (QED) is 0.804. The highest BCUT2D eigenvalue weighted by Gasteiger charge is 2.30. The maximum absolute atomic E-state index is 12.5. The van der Waals surface area contributed by atoms with Crippen LogP contribution in [-0.4, -0.2) is 37.2 Å². The Morgan fingerprint density at radius 2 is 2.04 bits per heavy atom. The van der Waals surface area contributed by atoms with Crippen LogP contribution in [0.1, 0.15) is 57.1 Å². The number of amides is 2. The maximum atomic E-state index is 12.5.